The van der Waals surface area contributed by atoms with Gasteiger partial charge < -0.3 is 5.73 Å². The number of rotatable bonds is 2. The first-order valence-electron chi connectivity index (χ1n) is 3.53. The number of hydrogen-bond donors (Lipinski definition) is 1. The zero-order valence-corrected chi connectivity index (χ0v) is 8.54. The Kier molecular flexibility index (Phi) is 2.82. The van der Waals surface area contributed by atoms with Crippen LogP contribution in [0.15, 0.2) is 15.5 Å². The van der Waals surface area contributed by atoms with Gasteiger partial charge in [0.15, 0.2) is 5.78 Å². The Morgan fingerprint density at radius 2 is 2.38 bits per heavy atom. The number of ketones is 1. The van der Waals surface area contributed by atoms with Gasteiger partial charge in [0.25, 0.3) is 5.56 Å². The molecule has 0 fully saturated rings. The van der Waals surface area contributed by atoms with Crippen LogP contribution in [0, 0.1) is 0 Å². The van der Waals surface area contributed by atoms with Crippen molar-refractivity contribution < 1.29 is 4.79 Å². The van der Waals surface area contributed by atoms with Crippen LogP contribution >= 0.6 is 15.9 Å². The van der Waals surface area contributed by atoms with Gasteiger partial charge in [0.05, 0.1) is 11.9 Å². The summed E-state index contributed by atoms with van der Waals surface area (Å²) in [5.41, 5.74) is 5.29. The molecule has 0 bridgehead atoms. The molecule has 0 spiro atoms. The minimum absolute atomic E-state index is 0.0300. The van der Waals surface area contributed by atoms with Gasteiger partial charge in [-0.3, -0.25) is 9.59 Å². The number of Topliss-reactive ketones (excluding diaryl/α,β-unsaturated/α-hetero) is 1. The monoisotopic (exact) mass is 245 g/mol. The van der Waals surface area contributed by atoms with Crippen LogP contribution in [0.2, 0.25) is 0 Å². The fraction of sp³-hybridized carbons (Fsp3) is 0.286. The SMILES string of the molecule is CC(=O)Cn1ncc(N)c(Br)c1=O. The summed E-state index contributed by atoms with van der Waals surface area (Å²) in [7, 11) is 0. The molecule has 0 amide bonds. The summed E-state index contributed by atoms with van der Waals surface area (Å²) in [6.45, 7) is 1.36. The number of nitrogen functional groups attached to an aromatic ring is 1. The van der Waals surface area contributed by atoms with Crippen molar-refractivity contribution in [2.45, 2.75) is 13.5 Å². The average molecular weight is 246 g/mol. The molecular formula is C7H8BrN3O2. The molecule has 6 heteroatoms. The summed E-state index contributed by atoms with van der Waals surface area (Å²) < 4.78 is 1.30. The lowest BCUT2D eigenvalue weighted by Crippen LogP contribution is -2.26. The third-order valence-electron chi connectivity index (χ3n) is 1.38. The van der Waals surface area contributed by atoms with E-state index in [-0.39, 0.29) is 22.5 Å². The Morgan fingerprint density at radius 3 is 2.92 bits per heavy atom. The first kappa shape index (κ1) is 9.91. The van der Waals surface area contributed by atoms with Gasteiger partial charge in [0, 0.05) is 0 Å². The van der Waals surface area contributed by atoms with Crippen molar-refractivity contribution in [2.24, 2.45) is 0 Å². The topological polar surface area (TPSA) is 78.0 Å². The number of nitrogens with two attached hydrogens (primary N) is 1. The summed E-state index contributed by atoms with van der Waals surface area (Å²) in [4.78, 5) is 22.1. The molecule has 1 aromatic rings. The number of carbonyl (C=O) groups is 1. The van der Waals surface area contributed by atoms with Gasteiger partial charge in [-0.1, -0.05) is 0 Å². The quantitative estimate of drug-likeness (QED) is 0.807. The summed E-state index contributed by atoms with van der Waals surface area (Å²) in [5, 5.41) is 3.71. The molecule has 1 aromatic heterocycles. The summed E-state index contributed by atoms with van der Waals surface area (Å²) in [5.74, 6) is -0.133. The zero-order valence-electron chi connectivity index (χ0n) is 6.95. The van der Waals surface area contributed by atoms with E-state index < -0.39 is 5.56 Å². The molecule has 13 heavy (non-hydrogen) atoms. The van der Waals surface area contributed by atoms with Gasteiger partial charge in [-0.05, 0) is 22.9 Å². The highest BCUT2D eigenvalue weighted by atomic mass is 79.9. The number of halogens is 1. The lowest BCUT2D eigenvalue weighted by Gasteiger charge is -2.02. The normalized spacial score (nSPS) is 10.0. The lowest BCUT2D eigenvalue weighted by atomic mass is 10.4. The number of nitrogens with zero attached hydrogens (tertiary/aromatic N) is 2. The van der Waals surface area contributed by atoms with E-state index in [0.29, 0.717) is 0 Å². The Bertz CT molecular complexity index is 399. The maximum Gasteiger partial charge on any atom is 0.283 e. The van der Waals surface area contributed by atoms with Crippen molar-refractivity contribution >= 4 is 27.4 Å². The second-order valence-electron chi connectivity index (χ2n) is 2.58. The van der Waals surface area contributed by atoms with Gasteiger partial charge in [-0.2, -0.15) is 5.10 Å². The van der Waals surface area contributed by atoms with E-state index in [9.17, 15) is 9.59 Å². The fourth-order valence-corrected chi connectivity index (χ4v) is 1.11. The van der Waals surface area contributed by atoms with Crippen molar-refractivity contribution in [3.05, 3.63) is 21.0 Å². The minimum atomic E-state index is -0.393. The summed E-state index contributed by atoms with van der Waals surface area (Å²) in [6, 6.07) is 0. The minimum Gasteiger partial charge on any atom is -0.396 e. The van der Waals surface area contributed by atoms with Gasteiger partial charge >= 0.3 is 0 Å². The van der Waals surface area contributed by atoms with E-state index >= 15 is 0 Å². The molecule has 0 radical (unpaired) electrons. The van der Waals surface area contributed by atoms with Crippen molar-refractivity contribution in [3.63, 3.8) is 0 Å². The van der Waals surface area contributed by atoms with E-state index in [0.717, 1.165) is 4.68 Å². The first-order valence-corrected chi connectivity index (χ1v) is 4.32. The molecule has 0 aliphatic rings. The van der Waals surface area contributed by atoms with Crippen LogP contribution in [0.4, 0.5) is 5.69 Å². The van der Waals surface area contributed by atoms with E-state index in [4.69, 9.17) is 5.73 Å². The van der Waals surface area contributed by atoms with Crippen molar-refractivity contribution in [3.8, 4) is 0 Å². The maximum atomic E-state index is 11.3. The van der Waals surface area contributed by atoms with E-state index in [1.54, 1.807) is 0 Å². The number of aromatic nitrogens is 2. The molecule has 0 unspecified atom stereocenters. The van der Waals surface area contributed by atoms with Crippen LogP contribution < -0.4 is 11.3 Å². The zero-order chi connectivity index (χ0) is 10.0. The lowest BCUT2D eigenvalue weighted by molar-refractivity contribution is -0.117. The molecule has 0 aliphatic heterocycles. The number of anilines is 1. The molecule has 1 rings (SSSR count). The Labute approximate surface area is 82.7 Å². The van der Waals surface area contributed by atoms with Crippen molar-refractivity contribution in [1.29, 1.82) is 0 Å². The van der Waals surface area contributed by atoms with E-state index in [1.165, 1.54) is 13.1 Å². The highest BCUT2D eigenvalue weighted by molar-refractivity contribution is 9.10. The van der Waals surface area contributed by atoms with Crippen LogP contribution in [0.5, 0.6) is 0 Å². The van der Waals surface area contributed by atoms with Gasteiger partial charge in [-0.25, -0.2) is 4.68 Å². The van der Waals surface area contributed by atoms with Crippen LogP contribution in [-0.4, -0.2) is 15.6 Å². The average Bonchev–Trinajstić information content (AvgIpc) is 2.06. The van der Waals surface area contributed by atoms with Crippen LogP contribution in [0.1, 0.15) is 6.92 Å². The molecule has 2 N–H and O–H groups in total. The van der Waals surface area contributed by atoms with Gasteiger partial charge in [0.1, 0.15) is 11.0 Å². The fourth-order valence-electron chi connectivity index (χ4n) is 0.801. The predicted molar refractivity (Wildman–Crippen MR) is 51.3 cm³/mol. The molecule has 5 nitrogen and oxygen atoms in total. The molecule has 70 valence electrons. The largest absolute Gasteiger partial charge is 0.396 e. The number of hydrogen-bond acceptors (Lipinski definition) is 4. The molecule has 0 saturated carbocycles. The highest BCUT2D eigenvalue weighted by Crippen LogP contribution is 2.10. The van der Waals surface area contributed by atoms with Crippen LogP contribution in [-0.2, 0) is 11.3 Å². The molecule has 0 atom stereocenters. The Hall–Kier alpha value is -1.17. The third-order valence-corrected chi connectivity index (χ3v) is 2.18. The molecule has 0 aromatic carbocycles. The second-order valence-corrected chi connectivity index (χ2v) is 3.37. The predicted octanol–water partition coefficient (Wildman–Crippen LogP) is 0.177. The highest BCUT2D eigenvalue weighted by Gasteiger charge is 2.06. The molecular weight excluding hydrogens is 238 g/mol. The first-order chi connectivity index (χ1) is 6.02. The molecule has 1 heterocycles. The Balaban J connectivity index is 3.19. The third kappa shape index (κ3) is 2.15. The van der Waals surface area contributed by atoms with Crippen molar-refractivity contribution in [1.82, 2.24) is 9.78 Å². The van der Waals surface area contributed by atoms with E-state index in [1.807, 2.05) is 0 Å². The van der Waals surface area contributed by atoms with Crippen molar-refractivity contribution in [2.75, 3.05) is 5.73 Å². The summed E-state index contributed by atoms with van der Waals surface area (Å²) in [6.07, 6.45) is 1.33. The maximum absolute atomic E-state index is 11.3. The number of carbonyl (C=O) groups excluding carboxylic acids is 1. The van der Waals surface area contributed by atoms with E-state index in [2.05, 4.69) is 21.0 Å². The summed E-state index contributed by atoms with van der Waals surface area (Å²) >= 11 is 3.01. The van der Waals surface area contributed by atoms with Gasteiger partial charge in [-0.15, -0.1) is 0 Å². The molecule has 0 aliphatic carbocycles. The van der Waals surface area contributed by atoms with Crippen LogP contribution in [0.3, 0.4) is 0 Å². The van der Waals surface area contributed by atoms with Crippen LogP contribution in [0.25, 0.3) is 0 Å². The van der Waals surface area contributed by atoms with Gasteiger partial charge in [0.2, 0.25) is 0 Å². The standard InChI is InChI=1S/C7H8BrN3O2/c1-4(12)3-11-7(13)6(8)5(9)2-10-11/h2H,3,9H2,1H3. The Morgan fingerprint density at radius 1 is 1.77 bits per heavy atom. The smallest absolute Gasteiger partial charge is 0.283 e. The second kappa shape index (κ2) is 3.69. The molecule has 0 saturated heterocycles.